The van der Waals surface area contributed by atoms with Gasteiger partial charge >= 0.3 is 0 Å². The van der Waals surface area contributed by atoms with Crippen molar-refractivity contribution in [3.63, 3.8) is 0 Å². The number of carbonyl (C=O) groups is 1. The number of nitrogens with zero attached hydrogens (tertiary/aromatic N) is 1. The van der Waals surface area contributed by atoms with Crippen molar-refractivity contribution in [2.45, 2.75) is 13.3 Å². The van der Waals surface area contributed by atoms with Crippen LogP contribution in [-0.2, 0) is 14.8 Å². The highest BCUT2D eigenvalue weighted by molar-refractivity contribution is 9.10. The van der Waals surface area contributed by atoms with Gasteiger partial charge in [-0.25, -0.2) is 8.42 Å². The van der Waals surface area contributed by atoms with Crippen molar-refractivity contribution in [2.24, 2.45) is 0 Å². The van der Waals surface area contributed by atoms with Gasteiger partial charge in [-0.15, -0.1) is 0 Å². The molecule has 1 amide bonds. The lowest BCUT2D eigenvalue weighted by molar-refractivity contribution is -0.116. The molecule has 0 unspecified atom stereocenters. The third-order valence-electron chi connectivity index (χ3n) is 3.00. The Morgan fingerprint density at radius 3 is 2.84 bits per heavy atom. The second-order valence-electron chi connectivity index (χ2n) is 4.51. The zero-order chi connectivity index (χ0) is 14.0. The number of aryl methyl sites for hydroxylation is 1. The van der Waals surface area contributed by atoms with Crippen LogP contribution in [0.15, 0.2) is 22.7 Å². The molecule has 1 N–H and O–H groups in total. The molecule has 0 atom stereocenters. The van der Waals surface area contributed by atoms with Crippen molar-refractivity contribution in [3.8, 4) is 0 Å². The van der Waals surface area contributed by atoms with Crippen LogP contribution in [0.25, 0.3) is 0 Å². The van der Waals surface area contributed by atoms with E-state index in [1.165, 1.54) is 4.31 Å². The Kier molecular flexibility index (Phi) is 4.27. The highest BCUT2D eigenvalue weighted by Gasteiger charge is 2.29. The molecule has 5 nitrogen and oxygen atoms in total. The van der Waals surface area contributed by atoms with Gasteiger partial charge in [-0.05, 0) is 31.0 Å². The van der Waals surface area contributed by atoms with Crippen LogP contribution in [0.4, 0.5) is 5.69 Å². The van der Waals surface area contributed by atoms with E-state index < -0.39 is 10.0 Å². The maximum Gasteiger partial charge on any atom is 0.239 e. The van der Waals surface area contributed by atoms with Gasteiger partial charge in [0.15, 0.2) is 0 Å². The van der Waals surface area contributed by atoms with E-state index in [-0.39, 0.29) is 18.2 Å². The minimum Gasteiger partial charge on any atom is -0.325 e. The molecule has 7 heteroatoms. The monoisotopic (exact) mass is 346 g/mol. The quantitative estimate of drug-likeness (QED) is 0.906. The molecule has 1 aromatic carbocycles. The average Bonchev–Trinajstić information content (AvgIpc) is 2.63. The molecule has 1 fully saturated rings. The van der Waals surface area contributed by atoms with Crippen LogP contribution in [0.3, 0.4) is 0 Å². The van der Waals surface area contributed by atoms with Gasteiger partial charge in [-0.1, -0.05) is 22.0 Å². The van der Waals surface area contributed by atoms with Crippen molar-refractivity contribution in [1.29, 1.82) is 0 Å². The first kappa shape index (κ1) is 14.5. The predicted octanol–water partition coefficient (Wildman–Crippen LogP) is 1.73. The lowest BCUT2D eigenvalue weighted by Crippen LogP contribution is -2.34. The maximum absolute atomic E-state index is 11.9. The van der Waals surface area contributed by atoms with Crippen molar-refractivity contribution >= 4 is 37.5 Å². The smallest absolute Gasteiger partial charge is 0.239 e. The number of amides is 1. The topological polar surface area (TPSA) is 66.5 Å². The summed E-state index contributed by atoms with van der Waals surface area (Å²) in [7, 11) is -3.23. The van der Waals surface area contributed by atoms with Gasteiger partial charge in [0.1, 0.15) is 0 Å². The fourth-order valence-electron chi connectivity index (χ4n) is 1.95. The number of hydrogen-bond donors (Lipinski definition) is 1. The minimum absolute atomic E-state index is 0.117. The van der Waals surface area contributed by atoms with Crippen LogP contribution in [0.2, 0.25) is 0 Å². The second-order valence-corrected chi connectivity index (χ2v) is 7.51. The number of sulfonamides is 1. The van der Waals surface area contributed by atoms with Crippen LogP contribution in [0, 0.1) is 6.92 Å². The van der Waals surface area contributed by atoms with Gasteiger partial charge in [0, 0.05) is 16.7 Å². The molecule has 1 saturated heterocycles. The van der Waals surface area contributed by atoms with Gasteiger partial charge in [0.05, 0.1) is 12.3 Å². The van der Waals surface area contributed by atoms with Crippen LogP contribution in [-0.4, -0.2) is 37.5 Å². The summed E-state index contributed by atoms with van der Waals surface area (Å²) in [6.07, 6.45) is 0.589. The predicted molar refractivity (Wildman–Crippen MR) is 77.5 cm³/mol. The van der Waals surface area contributed by atoms with Crippen LogP contribution in [0.1, 0.15) is 12.0 Å². The van der Waals surface area contributed by atoms with Crippen molar-refractivity contribution in [1.82, 2.24) is 4.31 Å². The van der Waals surface area contributed by atoms with E-state index in [1.807, 2.05) is 19.1 Å². The normalized spacial score (nSPS) is 18.4. The highest BCUT2D eigenvalue weighted by atomic mass is 79.9. The molecule has 1 aliphatic heterocycles. The molecule has 0 aromatic heterocycles. The van der Waals surface area contributed by atoms with E-state index in [0.29, 0.717) is 18.7 Å². The van der Waals surface area contributed by atoms with Crippen LogP contribution in [0.5, 0.6) is 0 Å². The van der Waals surface area contributed by atoms with E-state index in [9.17, 15) is 13.2 Å². The summed E-state index contributed by atoms with van der Waals surface area (Å²) >= 11 is 3.33. The van der Waals surface area contributed by atoms with Crippen molar-refractivity contribution in [2.75, 3.05) is 24.2 Å². The molecule has 0 saturated carbocycles. The number of benzene rings is 1. The molecule has 0 bridgehead atoms. The largest absolute Gasteiger partial charge is 0.325 e. The highest BCUT2D eigenvalue weighted by Crippen LogP contribution is 2.21. The van der Waals surface area contributed by atoms with Crippen molar-refractivity contribution in [3.05, 3.63) is 28.2 Å². The number of hydrogen-bond acceptors (Lipinski definition) is 3. The molecular formula is C12H15BrN2O3S. The first-order chi connectivity index (χ1) is 8.88. The Morgan fingerprint density at radius 1 is 1.47 bits per heavy atom. The van der Waals surface area contributed by atoms with Crippen molar-refractivity contribution < 1.29 is 13.2 Å². The zero-order valence-corrected chi connectivity index (χ0v) is 12.9. The number of nitrogens with one attached hydrogen (secondary N) is 1. The Hall–Kier alpha value is -0.920. The minimum atomic E-state index is -3.23. The van der Waals surface area contributed by atoms with Gasteiger partial charge < -0.3 is 5.32 Å². The summed E-state index contributed by atoms with van der Waals surface area (Å²) in [6, 6.07) is 5.56. The van der Waals surface area contributed by atoms with Gasteiger partial charge in [-0.2, -0.15) is 4.31 Å². The van der Waals surface area contributed by atoms with E-state index in [0.717, 1.165) is 10.0 Å². The van der Waals surface area contributed by atoms with Gasteiger partial charge in [0.2, 0.25) is 15.9 Å². The van der Waals surface area contributed by atoms with E-state index in [4.69, 9.17) is 0 Å². The van der Waals surface area contributed by atoms with Gasteiger partial charge in [-0.3, -0.25) is 4.79 Å². The lowest BCUT2D eigenvalue weighted by atomic mass is 10.2. The SMILES string of the molecule is Cc1ccc(Br)cc1NC(=O)CN1CCCS1(=O)=O. The standard InChI is InChI=1S/C12H15BrN2O3S/c1-9-3-4-10(13)7-11(9)14-12(16)8-15-5-2-6-19(15,17)18/h3-4,7H,2,5-6,8H2,1H3,(H,14,16). The van der Waals surface area contributed by atoms with Crippen LogP contribution < -0.4 is 5.32 Å². The molecule has 1 aliphatic rings. The van der Waals surface area contributed by atoms with Crippen LogP contribution >= 0.6 is 15.9 Å². The maximum atomic E-state index is 11.9. The summed E-state index contributed by atoms with van der Waals surface area (Å²) in [5.74, 6) is -0.178. The molecule has 1 aromatic rings. The van der Waals surface area contributed by atoms with E-state index >= 15 is 0 Å². The number of anilines is 1. The molecule has 1 heterocycles. The summed E-state index contributed by atoms with van der Waals surface area (Å²) in [4.78, 5) is 11.9. The van der Waals surface area contributed by atoms with E-state index in [2.05, 4.69) is 21.2 Å². The first-order valence-electron chi connectivity index (χ1n) is 5.92. The Balaban J connectivity index is 2.04. The Bertz CT molecular complexity index is 601. The molecule has 0 spiro atoms. The number of carbonyl (C=O) groups excluding carboxylic acids is 1. The molecular weight excluding hydrogens is 332 g/mol. The Morgan fingerprint density at radius 2 is 2.21 bits per heavy atom. The van der Waals surface area contributed by atoms with E-state index in [1.54, 1.807) is 6.07 Å². The van der Waals surface area contributed by atoms with Gasteiger partial charge in [0.25, 0.3) is 0 Å². The molecule has 19 heavy (non-hydrogen) atoms. The third kappa shape index (κ3) is 3.55. The molecule has 0 aliphatic carbocycles. The number of rotatable bonds is 3. The second kappa shape index (κ2) is 5.60. The number of halogens is 1. The summed E-state index contributed by atoms with van der Waals surface area (Å²) in [5, 5.41) is 2.74. The first-order valence-corrected chi connectivity index (χ1v) is 8.32. The summed E-state index contributed by atoms with van der Waals surface area (Å²) < 4.78 is 25.3. The Labute approximate surface area is 121 Å². The average molecular weight is 347 g/mol. The summed E-state index contributed by atoms with van der Waals surface area (Å²) in [5.41, 5.74) is 1.62. The zero-order valence-electron chi connectivity index (χ0n) is 10.5. The fraction of sp³-hybridized carbons (Fsp3) is 0.417. The third-order valence-corrected chi connectivity index (χ3v) is 5.39. The molecule has 2 rings (SSSR count). The summed E-state index contributed by atoms with van der Waals surface area (Å²) in [6.45, 7) is 2.19. The fourth-order valence-corrected chi connectivity index (χ4v) is 3.78. The lowest BCUT2D eigenvalue weighted by Gasteiger charge is -2.15. The molecule has 0 radical (unpaired) electrons. The molecule has 104 valence electrons.